The smallest absolute Gasteiger partial charge is 0.178 e. The first-order valence-corrected chi connectivity index (χ1v) is 3.78. The van der Waals surface area contributed by atoms with Gasteiger partial charge in [-0.1, -0.05) is 5.21 Å². The van der Waals surface area contributed by atoms with E-state index in [1.165, 1.54) is 0 Å². The second kappa shape index (κ2) is 2.58. The zero-order chi connectivity index (χ0) is 7.68. The summed E-state index contributed by atoms with van der Waals surface area (Å²) in [5.74, 6) is 1.34. The summed E-state index contributed by atoms with van der Waals surface area (Å²) < 4.78 is 0. The van der Waals surface area contributed by atoms with E-state index in [9.17, 15) is 0 Å². The van der Waals surface area contributed by atoms with Crippen molar-refractivity contribution in [2.75, 3.05) is 20.1 Å². The molecule has 1 aliphatic heterocycles. The van der Waals surface area contributed by atoms with Crippen LogP contribution in [0.4, 0.5) is 0 Å². The number of likely N-dealkylation sites (N-methyl/N-ethyl adjacent to an activating group) is 1. The van der Waals surface area contributed by atoms with Crippen LogP contribution < -0.4 is 0 Å². The highest BCUT2D eigenvalue weighted by atomic mass is 15.5. The molecule has 0 spiro atoms. The minimum Gasteiger partial charge on any atom is -0.306 e. The van der Waals surface area contributed by atoms with Gasteiger partial charge in [0.05, 0.1) is 0 Å². The quantitative estimate of drug-likeness (QED) is 0.597. The van der Waals surface area contributed by atoms with Gasteiger partial charge in [0.15, 0.2) is 5.82 Å². The van der Waals surface area contributed by atoms with Crippen molar-refractivity contribution in [1.82, 2.24) is 25.5 Å². The normalized spacial score (nSPS) is 26.1. The molecule has 2 rings (SSSR count). The lowest BCUT2D eigenvalue weighted by Gasteiger charge is -2.04. The number of aromatic amines is 1. The lowest BCUT2D eigenvalue weighted by atomic mass is 10.1. The lowest BCUT2D eigenvalue weighted by molar-refractivity contribution is 0.409. The number of likely N-dealkylation sites (tertiary alicyclic amines) is 1. The van der Waals surface area contributed by atoms with Crippen molar-refractivity contribution in [3.05, 3.63) is 5.82 Å². The number of nitrogens with zero attached hydrogens (tertiary/aromatic N) is 4. The molecule has 1 saturated heterocycles. The molecule has 0 aliphatic carbocycles. The Kier molecular flexibility index (Phi) is 1.58. The highest BCUT2D eigenvalue weighted by Crippen LogP contribution is 2.21. The fourth-order valence-corrected chi connectivity index (χ4v) is 1.49. The van der Waals surface area contributed by atoms with Gasteiger partial charge in [-0.15, -0.1) is 10.2 Å². The first-order chi connectivity index (χ1) is 5.36. The standard InChI is InChI=1S/C6H11N5/c1-11-3-2-5(4-11)6-7-9-10-8-6/h5H,2-4H2,1H3,(H,7,8,9,10)/t5-/m0/s1. The maximum Gasteiger partial charge on any atom is 0.178 e. The minimum absolute atomic E-state index is 0.485. The number of aromatic nitrogens is 4. The van der Waals surface area contributed by atoms with Crippen LogP contribution in [0.2, 0.25) is 0 Å². The molecule has 0 unspecified atom stereocenters. The second-order valence-electron chi connectivity index (χ2n) is 3.02. The van der Waals surface area contributed by atoms with Crippen LogP contribution in [0.1, 0.15) is 18.2 Å². The fourth-order valence-electron chi connectivity index (χ4n) is 1.49. The van der Waals surface area contributed by atoms with Crippen molar-refractivity contribution >= 4 is 0 Å². The zero-order valence-electron chi connectivity index (χ0n) is 6.49. The Morgan fingerprint density at radius 2 is 2.55 bits per heavy atom. The highest BCUT2D eigenvalue weighted by molar-refractivity contribution is 4.96. The number of hydrogen-bond donors (Lipinski definition) is 1. The van der Waals surface area contributed by atoms with E-state index >= 15 is 0 Å². The van der Waals surface area contributed by atoms with E-state index in [0.29, 0.717) is 5.92 Å². The molecule has 0 aromatic carbocycles. The summed E-state index contributed by atoms with van der Waals surface area (Å²) in [4.78, 5) is 2.28. The van der Waals surface area contributed by atoms with Crippen molar-refractivity contribution in [3.63, 3.8) is 0 Å². The summed E-state index contributed by atoms with van der Waals surface area (Å²) in [6.45, 7) is 2.19. The molecule has 0 amide bonds. The third-order valence-electron chi connectivity index (χ3n) is 2.12. The molecule has 1 aromatic heterocycles. The first kappa shape index (κ1) is 6.72. The topological polar surface area (TPSA) is 57.7 Å². The second-order valence-corrected chi connectivity index (χ2v) is 3.02. The van der Waals surface area contributed by atoms with Gasteiger partial charge < -0.3 is 4.90 Å². The summed E-state index contributed by atoms with van der Waals surface area (Å²) in [5.41, 5.74) is 0. The van der Waals surface area contributed by atoms with Crippen LogP contribution in [0.5, 0.6) is 0 Å². The van der Waals surface area contributed by atoms with Gasteiger partial charge in [0.2, 0.25) is 0 Å². The maximum absolute atomic E-state index is 3.96. The third kappa shape index (κ3) is 1.23. The van der Waals surface area contributed by atoms with E-state index in [1.54, 1.807) is 0 Å². The molecular weight excluding hydrogens is 142 g/mol. The Balaban J connectivity index is 2.08. The predicted molar refractivity (Wildman–Crippen MR) is 39.0 cm³/mol. The van der Waals surface area contributed by atoms with Crippen molar-refractivity contribution in [2.45, 2.75) is 12.3 Å². The van der Waals surface area contributed by atoms with Crippen LogP contribution in [-0.4, -0.2) is 45.7 Å². The van der Waals surface area contributed by atoms with E-state index in [0.717, 1.165) is 25.3 Å². The van der Waals surface area contributed by atoms with Crippen LogP contribution in [0.15, 0.2) is 0 Å². The molecule has 1 N–H and O–H groups in total. The third-order valence-corrected chi connectivity index (χ3v) is 2.12. The molecule has 1 aromatic rings. The van der Waals surface area contributed by atoms with Crippen molar-refractivity contribution in [3.8, 4) is 0 Å². The Bertz CT molecular complexity index is 219. The molecule has 0 bridgehead atoms. The fraction of sp³-hybridized carbons (Fsp3) is 0.833. The van der Waals surface area contributed by atoms with Crippen LogP contribution in [-0.2, 0) is 0 Å². The Hall–Kier alpha value is -0.970. The number of rotatable bonds is 1. The molecule has 60 valence electrons. The molecular formula is C6H11N5. The highest BCUT2D eigenvalue weighted by Gasteiger charge is 2.23. The van der Waals surface area contributed by atoms with E-state index in [4.69, 9.17) is 0 Å². The first-order valence-electron chi connectivity index (χ1n) is 3.78. The summed E-state index contributed by atoms with van der Waals surface area (Å²) in [5, 5.41) is 13.9. The zero-order valence-corrected chi connectivity index (χ0v) is 6.49. The van der Waals surface area contributed by atoms with Crippen molar-refractivity contribution < 1.29 is 0 Å². The molecule has 0 radical (unpaired) electrons. The van der Waals surface area contributed by atoms with Gasteiger partial charge in [-0.25, -0.2) is 0 Å². The van der Waals surface area contributed by atoms with E-state index in [1.807, 2.05) is 0 Å². The van der Waals surface area contributed by atoms with Gasteiger partial charge in [0, 0.05) is 12.5 Å². The average molecular weight is 153 g/mol. The Morgan fingerprint density at radius 1 is 1.64 bits per heavy atom. The predicted octanol–water partition coefficient (Wildman–Crippen LogP) is -0.381. The van der Waals surface area contributed by atoms with Crippen molar-refractivity contribution in [1.29, 1.82) is 0 Å². The van der Waals surface area contributed by atoms with E-state index < -0.39 is 0 Å². The van der Waals surface area contributed by atoms with E-state index in [2.05, 4.69) is 32.6 Å². The maximum atomic E-state index is 3.96. The lowest BCUT2D eigenvalue weighted by Crippen LogP contribution is -2.13. The molecule has 1 atom stereocenters. The Morgan fingerprint density at radius 3 is 3.09 bits per heavy atom. The summed E-state index contributed by atoms with van der Waals surface area (Å²) in [6.07, 6.45) is 1.15. The van der Waals surface area contributed by atoms with Gasteiger partial charge in [0.25, 0.3) is 0 Å². The van der Waals surface area contributed by atoms with Gasteiger partial charge >= 0.3 is 0 Å². The summed E-state index contributed by atoms with van der Waals surface area (Å²) in [7, 11) is 2.11. The van der Waals surface area contributed by atoms with Crippen LogP contribution in [0.3, 0.4) is 0 Å². The Labute approximate surface area is 64.8 Å². The molecule has 5 heteroatoms. The average Bonchev–Trinajstić information content (AvgIpc) is 2.55. The largest absolute Gasteiger partial charge is 0.306 e. The molecule has 1 aliphatic rings. The van der Waals surface area contributed by atoms with Gasteiger partial charge in [-0.3, -0.25) is 0 Å². The summed E-state index contributed by atoms with van der Waals surface area (Å²) >= 11 is 0. The van der Waals surface area contributed by atoms with Crippen LogP contribution in [0.25, 0.3) is 0 Å². The SMILES string of the molecule is CN1CC[C@H](c2nn[nH]n2)C1. The number of nitrogens with one attached hydrogen (secondary N) is 1. The number of hydrogen-bond acceptors (Lipinski definition) is 4. The van der Waals surface area contributed by atoms with E-state index in [-0.39, 0.29) is 0 Å². The molecule has 2 heterocycles. The number of H-pyrrole nitrogens is 1. The van der Waals surface area contributed by atoms with Gasteiger partial charge in [-0.2, -0.15) is 5.21 Å². The molecule has 1 fully saturated rings. The van der Waals surface area contributed by atoms with Crippen LogP contribution >= 0.6 is 0 Å². The molecule has 0 saturated carbocycles. The van der Waals surface area contributed by atoms with Crippen LogP contribution in [0, 0.1) is 0 Å². The van der Waals surface area contributed by atoms with Crippen molar-refractivity contribution in [2.24, 2.45) is 0 Å². The minimum atomic E-state index is 0.485. The molecule has 11 heavy (non-hydrogen) atoms. The van der Waals surface area contributed by atoms with Gasteiger partial charge in [0.1, 0.15) is 0 Å². The van der Waals surface area contributed by atoms with Gasteiger partial charge in [-0.05, 0) is 20.0 Å². The monoisotopic (exact) mass is 153 g/mol. The summed E-state index contributed by atoms with van der Waals surface area (Å²) in [6, 6.07) is 0. The molecule has 5 nitrogen and oxygen atoms in total. The number of tetrazole rings is 1.